The summed E-state index contributed by atoms with van der Waals surface area (Å²) < 4.78 is 39.3. The van der Waals surface area contributed by atoms with Gasteiger partial charge in [-0.3, -0.25) is 4.79 Å². The van der Waals surface area contributed by atoms with Crippen molar-refractivity contribution in [1.82, 2.24) is 10.6 Å². The van der Waals surface area contributed by atoms with Gasteiger partial charge in [0.2, 0.25) is 5.91 Å². The number of halogens is 2. The van der Waals surface area contributed by atoms with E-state index in [1.54, 1.807) is 0 Å². The first-order valence-corrected chi connectivity index (χ1v) is 11.6. The van der Waals surface area contributed by atoms with Crippen molar-refractivity contribution >= 4 is 5.91 Å². The average molecular weight is 476 g/mol. The molecule has 0 radical (unpaired) electrons. The van der Waals surface area contributed by atoms with Crippen LogP contribution in [0.1, 0.15) is 57.4 Å². The molecule has 1 heterocycles. The topological polar surface area (TPSA) is 85.6 Å². The van der Waals surface area contributed by atoms with Crippen molar-refractivity contribution in [3.8, 4) is 5.75 Å². The molecular weight excluding hydrogens is 440 g/mol. The minimum absolute atomic E-state index is 0.0526. The molecule has 1 aliphatic heterocycles. The summed E-state index contributed by atoms with van der Waals surface area (Å²) in [5, 5.41) is 6.27. The molecule has 186 valence electrons. The maximum absolute atomic E-state index is 13.7. The predicted molar refractivity (Wildman–Crippen MR) is 128 cm³/mol. The van der Waals surface area contributed by atoms with Gasteiger partial charge >= 0.3 is 0 Å². The second-order valence-corrected chi connectivity index (χ2v) is 9.65. The van der Waals surface area contributed by atoms with Gasteiger partial charge in [0.25, 0.3) is 0 Å². The Bertz CT molecular complexity index is 993. The second kappa shape index (κ2) is 10.8. The van der Waals surface area contributed by atoms with Crippen LogP contribution in [0.3, 0.4) is 0 Å². The number of nitrogens with one attached hydrogen (secondary N) is 2. The van der Waals surface area contributed by atoms with Crippen LogP contribution in [0.25, 0.3) is 0 Å². The molecule has 0 saturated heterocycles. The summed E-state index contributed by atoms with van der Waals surface area (Å²) in [4.78, 5) is 11.8. The average Bonchev–Trinajstić information content (AvgIpc) is 2.71. The Balaban J connectivity index is 1.76. The molecule has 0 spiro atoms. The maximum Gasteiger partial charge on any atom is 0.217 e. The molecule has 4 N–H and O–H groups in total. The van der Waals surface area contributed by atoms with E-state index < -0.39 is 29.3 Å². The van der Waals surface area contributed by atoms with E-state index in [1.807, 2.05) is 45.9 Å². The summed E-state index contributed by atoms with van der Waals surface area (Å²) >= 11 is 0. The Hall–Kier alpha value is -2.55. The Labute approximate surface area is 200 Å². The van der Waals surface area contributed by atoms with Crippen LogP contribution < -0.4 is 21.1 Å². The summed E-state index contributed by atoms with van der Waals surface area (Å²) in [7, 11) is 0. The van der Waals surface area contributed by atoms with Crippen molar-refractivity contribution < 1.29 is 23.0 Å². The summed E-state index contributed by atoms with van der Waals surface area (Å²) in [6.45, 7) is 10.2. The number of amides is 1. The number of nitrogens with two attached hydrogens (primary N) is 1. The predicted octanol–water partition coefficient (Wildman–Crippen LogP) is 3.72. The third-order valence-corrected chi connectivity index (χ3v) is 5.91. The van der Waals surface area contributed by atoms with Crippen molar-refractivity contribution in [2.45, 2.75) is 70.9 Å². The van der Waals surface area contributed by atoms with Crippen LogP contribution in [0.4, 0.5) is 8.78 Å². The van der Waals surface area contributed by atoms with Gasteiger partial charge in [-0.1, -0.05) is 6.07 Å². The molecule has 0 fully saturated rings. The zero-order valence-electron chi connectivity index (χ0n) is 20.5. The fraction of sp³-hybridized carbons (Fsp3) is 0.500. The molecule has 0 aliphatic carbocycles. The van der Waals surface area contributed by atoms with Gasteiger partial charge in [-0.2, -0.15) is 0 Å². The highest BCUT2D eigenvalue weighted by Crippen LogP contribution is 2.38. The number of fused-ring (bicyclic) bond motifs is 1. The molecule has 0 aromatic heterocycles. The van der Waals surface area contributed by atoms with Crippen molar-refractivity contribution in [3.63, 3.8) is 0 Å². The number of hydrogen-bond acceptors (Lipinski definition) is 5. The minimum Gasteiger partial charge on any atom is -0.491 e. The molecule has 3 atom stereocenters. The van der Waals surface area contributed by atoms with Crippen LogP contribution >= 0.6 is 0 Å². The first-order valence-electron chi connectivity index (χ1n) is 11.6. The molecule has 6 nitrogen and oxygen atoms in total. The van der Waals surface area contributed by atoms with Gasteiger partial charge in [0.1, 0.15) is 17.4 Å². The van der Waals surface area contributed by atoms with Crippen molar-refractivity contribution in [2.75, 3.05) is 13.2 Å². The lowest BCUT2D eigenvalue weighted by Crippen LogP contribution is -2.53. The molecule has 3 rings (SSSR count). The lowest BCUT2D eigenvalue weighted by molar-refractivity contribution is -0.119. The molecule has 1 aliphatic rings. The van der Waals surface area contributed by atoms with Gasteiger partial charge in [-0.15, -0.1) is 0 Å². The van der Waals surface area contributed by atoms with E-state index in [0.717, 1.165) is 22.9 Å². The van der Waals surface area contributed by atoms with Gasteiger partial charge in [0.05, 0.1) is 24.4 Å². The van der Waals surface area contributed by atoms with E-state index in [9.17, 15) is 13.6 Å². The Kier molecular flexibility index (Phi) is 8.28. The van der Waals surface area contributed by atoms with E-state index >= 15 is 0 Å². The molecule has 0 bridgehead atoms. The highest BCUT2D eigenvalue weighted by molar-refractivity contribution is 5.73. The zero-order chi connectivity index (χ0) is 25.0. The van der Waals surface area contributed by atoms with Crippen LogP contribution in [0, 0.1) is 11.6 Å². The van der Waals surface area contributed by atoms with Crippen molar-refractivity contribution in [3.05, 3.63) is 64.7 Å². The first-order chi connectivity index (χ1) is 15.9. The molecule has 2 aromatic rings. The van der Waals surface area contributed by atoms with Crippen LogP contribution in [0.2, 0.25) is 0 Å². The number of ether oxygens (including phenoxy) is 2. The van der Waals surface area contributed by atoms with Gasteiger partial charge in [-0.05, 0) is 75.1 Å². The lowest BCUT2D eigenvalue weighted by Gasteiger charge is -2.38. The third-order valence-electron chi connectivity index (χ3n) is 5.91. The van der Waals surface area contributed by atoms with Gasteiger partial charge in [0, 0.05) is 31.6 Å². The van der Waals surface area contributed by atoms with E-state index in [2.05, 4.69) is 10.6 Å². The molecule has 8 heteroatoms. The molecule has 1 amide bonds. The normalized spacial score (nSPS) is 18.8. The van der Waals surface area contributed by atoms with Crippen LogP contribution in [-0.4, -0.2) is 37.2 Å². The number of rotatable bonds is 9. The minimum atomic E-state index is -0.665. The molecule has 0 saturated carbocycles. The van der Waals surface area contributed by atoms with Crippen LogP contribution in [-0.2, 0) is 21.6 Å². The van der Waals surface area contributed by atoms with Crippen LogP contribution in [0.5, 0.6) is 5.75 Å². The van der Waals surface area contributed by atoms with Gasteiger partial charge in [0.15, 0.2) is 0 Å². The third kappa shape index (κ3) is 6.74. The second-order valence-electron chi connectivity index (χ2n) is 9.65. The smallest absolute Gasteiger partial charge is 0.217 e. The summed E-state index contributed by atoms with van der Waals surface area (Å²) in [5.74, 6) is -0.810. The van der Waals surface area contributed by atoms with E-state index in [0.29, 0.717) is 18.7 Å². The molecule has 34 heavy (non-hydrogen) atoms. The zero-order valence-corrected chi connectivity index (χ0v) is 20.5. The number of hydrogen-bond donors (Lipinski definition) is 3. The Morgan fingerprint density at radius 2 is 1.88 bits per heavy atom. The monoisotopic (exact) mass is 475 g/mol. The van der Waals surface area contributed by atoms with E-state index in [4.69, 9.17) is 15.2 Å². The maximum atomic E-state index is 13.7. The SMILES string of the molecule is CC(=O)N[C@@H](Cc1cc(F)cc(F)c1)[C@@H](N)CNC1COC(C)(C)c2ccc(OC(C)C)cc21. The first kappa shape index (κ1) is 26.1. The summed E-state index contributed by atoms with van der Waals surface area (Å²) in [5.41, 5.74) is 8.57. The number of carbonyl (C=O) groups is 1. The highest BCUT2D eigenvalue weighted by atomic mass is 19.1. The molecule has 2 aromatic carbocycles. The molecule has 1 unspecified atom stereocenters. The van der Waals surface area contributed by atoms with Crippen LogP contribution in [0.15, 0.2) is 36.4 Å². The van der Waals surface area contributed by atoms with Crippen molar-refractivity contribution in [2.24, 2.45) is 5.73 Å². The Morgan fingerprint density at radius 3 is 2.50 bits per heavy atom. The Morgan fingerprint density at radius 1 is 1.21 bits per heavy atom. The largest absolute Gasteiger partial charge is 0.491 e. The fourth-order valence-electron chi connectivity index (χ4n) is 4.32. The van der Waals surface area contributed by atoms with Crippen molar-refractivity contribution in [1.29, 1.82) is 0 Å². The van der Waals surface area contributed by atoms with Gasteiger partial charge in [-0.25, -0.2) is 8.78 Å². The van der Waals surface area contributed by atoms with Gasteiger partial charge < -0.3 is 25.8 Å². The number of carbonyl (C=O) groups excluding carboxylic acids is 1. The van der Waals surface area contributed by atoms with E-state index in [-0.39, 0.29) is 24.5 Å². The lowest BCUT2D eigenvalue weighted by atomic mass is 9.86. The number of benzene rings is 2. The van der Waals surface area contributed by atoms with E-state index in [1.165, 1.54) is 19.1 Å². The summed E-state index contributed by atoms with van der Waals surface area (Å²) in [6.07, 6.45) is 0.255. The molecular formula is C26H35F2N3O3. The standard InChI is InChI=1S/C26H35F2N3O3/c1-15(2)34-20-6-7-22-21(12-20)25(14-33-26(22,4)5)30-13-23(29)24(31-16(3)32)10-17-8-18(27)11-19(28)9-17/h6-9,11-12,15,23-25,30H,10,13-14,29H2,1-5H3,(H,31,32)/t23-,24-,25?/m0/s1. The highest BCUT2D eigenvalue weighted by Gasteiger charge is 2.34. The quantitative estimate of drug-likeness (QED) is 0.515. The fourth-order valence-corrected chi connectivity index (χ4v) is 4.32. The summed E-state index contributed by atoms with van der Waals surface area (Å²) in [6, 6.07) is 8.17.